The van der Waals surface area contributed by atoms with Crippen LogP contribution in [0.15, 0.2) is 0 Å². The fraction of sp³-hybridized carbons (Fsp3) is 0.800. The van der Waals surface area contributed by atoms with Gasteiger partial charge in [0.15, 0.2) is 0 Å². The predicted octanol–water partition coefficient (Wildman–Crippen LogP) is 2.70. The van der Waals surface area contributed by atoms with E-state index in [0.717, 1.165) is 36.3 Å². The first-order valence-electron chi connectivity index (χ1n) is 5.45. The van der Waals surface area contributed by atoms with Crippen LogP contribution in [0, 0.1) is 5.92 Å². The van der Waals surface area contributed by atoms with Crippen LogP contribution in [-0.2, 0) is 6.42 Å². The Morgan fingerprint density at radius 1 is 1.50 bits per heavy atom. The fourth-order valence-electron chi connectivity index (χ4n) is 1.58. The summed E-state index contributed by atoms with van der Waals surface area (Å²) in [4.78, 5) is 4.43. The van der Waals surface area contributed by atoms with E-state index in [-0.39, 0.29) is 0 Å². The normalized spacial score (nSPS) is 16.6. The summed E-state index contributed by atoms with van der Waals surface area (Å²) in [5, 5.41) is 4.37. The Morgan fingerprint density at radius 2 is 2.36 bits per heavy atom. The average molecular weight is 211 g/mol. The second-order valence-corrected chi connectivity index (χ2v) is 4.70. The zero-order valence-electron chi connectivity index (χ0n) is 8.62. The molecule has 0 atom stereocenters. The van der Waals surface area contributed by atoms with E-state index in [0.29, 0.717) is 0 Å². The number of aryl methyl sites for hydroxylation is 1. The average Bonchev–Trinajstić information content (AvgIpc) is 2.51. The van der Waals surface area contributed by atoms with E-state index >= 15 is 0 Å². The molecule has 1 aliphatic rings. The molecule has 14 heavy (non-hydrogen) atoms. The number of nitrogens with one attached hydrogen (secondary N) is 1. The first-order chi connectivity index (χ1) is 6.88. The van der Waals surface area contributed by atoms with Gasteiger partial charge >= 0.3 is 0 Å². The van der Waals surface area contributed by atoms with Gasteiger partial charge in [-0.3, -0.25) is 0 Å². The summed E-state index contributed by atoms with van der Waals surface area (Å²) in [6.07, 6.45) is 6.30. The molecule has 1 fully saturated rings. The molecule has 1 heterocycles. The molecule has 78 valence electrons. The van der Waals surface area contributed by atoms with Crippen LogP contribution in [0.2, 0.25) is 0 Å². The topological polar surface area (TPSA) is 37.8 Å². The first kappa shape index (κ1) is 9.90. The van der Waals surface area contributed by atoms with Gasteiger partial charge in [-0.1, -0.05) is 13.3 Å². The summed E-state index contributed by atoms with van der Waals surface area (Å²) in [6.45, 7) is 3.24. The molecule has 0 saturated heterocycles. The van der Waals surface area contributed by atoms with Gasteiger partial charge in [0.05, 0.1) is 0 Å². The van der Waals surface area contributed by atoms with Crippen molar-refractivity contribution in [3.05, 3.63) is 5.82 Å². The molecule has 0 aliphatic heterocycles. The highest BCUT2D eigenvalue weighted by Gasteiger charge is 2.17. The molecule has 0 amide bonds. The van der Waals surface area contributed by atoms with Crippen LogP contribution in [0.4, 0.5) is 5.13 Å². The van der Waals surface area contributed by atoms with Crippen LogP contribution >= 0.6 is 11.5 Å². The molecule has 1 aliphatic carbocycles. The summed E-state index contributed by atoms with van der Waals surface area (Å²) in [7, 11) is 0. The number of aromatic nitrogens is 2. The molecular weight excluding hydrogens is 194 g/mol. The van der Waals surface area contributed by atoms with Crippen LogP contribution in [0.1, 0.15) is 38.4 Å². The van der Waals surface area contributed by atoms with E-state index in [1.165, 1.54) is 30.8 Å². The summed E-state index contributed by atoms with van der Waals surface area (Å²) in [5.41, 5.74) is 0. The van der Waals surface area contributed by atoms with E-state index in [9.17, 15) is 0 Å². The Labute approximate surface area is 89.1 Å². The van der Waals surface area contributed by atoms with Crippen molar-refractivity contribution in [1.29, 1.82) is 0 Å². The van der Waals surface area contributed by atoms with Gasteiger partial charge in [0.2, 0.25) is 5.13 Å². The number of hydrogen-bond acceptors (Lipinski definition) is 4. The van der Waals surface area contributed by atoms with Crippen molar-refractivity contribution in [1.82, 2.24) is 9.36 Å². The van der Waals surface area contributed by atoms with Crippen molar-refractivity contribution in [2.75, 3.05) is 11.9 Å². The Balaban J connectivity index is 1.77. The molecule has 0 radical (unpaired) electrons. The Kier molecular flexibility index (Phi) is 3.35. The largest absolute Gasteiger partial charge is 0.360 e. The van der Waals surface area contributed by atoms with Gasteiger partial charge in [-0.25, -0.2) is 4.98 Å². The lowest BCUT2D eigenvalue weighted by Gasteiger charge is -2.24. The quantitative estimate of drug-likeness (QED) is 0.813. The molecule has 4 heteroatoms. The van der Waals surface area contributed by atoms with Crippen molar-refractivity contribution in [3.8, 4) is 0 Å². The Hall–Kier alpha value is -0.640. The number of hydrogen-bond donors (Lipinski definition) is 1. The number of nitrogens with zero attached hydrogens (tertiary/aromatic N) is 2. The second kappa shape index (κ2) is 4.73. The molecule has 1 aromatic heterocycles. The van der Waals surface area contributed by atoms with Gasteiger partial charge in [-0.2, -0.15) is 4.37 Å². The van der Waals surface area contributed by atoms with Crippen LogP contribution in [0.3, 0.4) is 0 Å². The highest BCUT2D eigenvalue weighted by Crippen LogP contribution is 2.26. The molecule has 2 rings (SSSR count). The zero-order chi connectivity index (χ0) is 9.80. The molecule has 0 bridgehead atoms. The fourth-order valence-corrected chi connectivity index (χ4v) is 2.20. The van der Waals surface area contributed by atoms with Crippen molar-refractivity contribution < 1.29 is 0 Å². The van der Waals surface area contributed by atoms with Gasteiger partial charge in [-0.05, 0) is 25.2 Å². The van der Waals surface area contributed by atoms with Crippen LogP contribution in [0.5, 0.6) is 0 Å². The standard InChI is InChI=1S/C10H17N3S/c1-2-4-9-12-10(14-13-9)11-7-8-5-3-6-8/h8H,2-7H2,1H3,(H,11,12,13). The van der Waals surface area contributed by atoms with E-state index in [1.807, 2.05) is 0 Å². The maximum Gasteiger partial charge on any atom is 0.202 e. The van der Waals surface area contributed by atoms with Gasteiger partial charge in [0.25, 0.3) is 0 Å². The first-order valence-corrected chi connectivity index (χ1v) is 6.22. The highest BCUT2D eigenvalue weighted by molar-refractivity contribution is 7.09. The third-order valence-corrected chi connectivity index (χ3v) is 3.42. The van der Waals surface area contributed by atoms with Gasteiger partial charge in [-0.15, -0.1) is 0 Å². The number of rotatable bonds is 5. The lowest BCUT2D eigenvalue weighted by atomic mass is 9.86. The molecule has 0 spiro atoms. The van der Waals surface area contributed by atoms with E-state index in [2.05, 4.69) is 21.6 Å². The smallest absolute Gasteiger partial charge is 0.202 e. The van der Waals surface area contributed by atoms with Crippen molar-refractivity contribution in [3.63, 3.8) is 0 Å². The monoisotopic (exact) mass is 211 g/mol. The van der Waals surface area contributed by atoms with Gasteiger partial charge < -0.3 is 5.32 Å². The molecule has 3 nitrogen and oxygen atoms in total. The lowest BCUT2D eigenvalue weighted by molar-refractivity contribution is 0.333. The molecule has 1 N–H and O–H groups in total. The summed E-state index contributed by atoms with van der Waals surface area (Å²) in [6, 6.07) is 0. The zero-order valence-corrected chi connectivity index (χ0v) is 9.44. The van der Waals surface area contributed by atoms with Gasteiger partial charge in [0, 0.05) is 24.5 Å². The maximum absolute atomic E-state index is 4.43. The van der Waals surface area contributed by atoms with Crippen molar-refractivity contribution in [2.45, 2.75) is 39.0 Å². The highest BCUT2D eigenvalue weighted by atomic mass is 32.1. The minimum atomic E-state index is 0.883. The third kappa shape index (κ3) is 2.44. The van der Waals surface area contributed by atoms with Crippen LogP contribution in [0.25, 0.3) is 0 Å². The van der Waals surface area contributed by atoms with E-state index in [4.69, 9.17) is 0 Å². The van der Waals surface area contributed by atoms with Crippen LogP contribution < -0.4 is 5.32 Å². The molecule has 1 aromatic rings. The third-order valence-electron chi connectivity index (χ3n) is 2.71. The number of anilines is 1. The lowest BCUT2D eigenvalue weighted by Crippen LogP contribution is -2.20. The Bertz CT molecular complexity index is 281. The maximum atomic E-state index is 4.43. The molecule has 0 unspecified atom stereocenters. The molecular formula is C10H17N3S. The minimum absolute atomic E-state index is 0.883. The van der Waals surface area contributed by atoms with Crippen LogP contribution in [-0.4, -0.2) is 15.9 Å². The SMILES string of the molecule is CCCc1nsc(NCC2CCC2)n1. The Morgan fingerprint density at radius 3 is 3.00 bits per heavy atom. The predicted molar refractivity (Wildman–Crippen MR) is 59.7 cm³/mol. The summed E-state index contributed by atoms with van der Waals surface area (Å²) < 4.78 is 4.30. The minimum Gasteiger partial charge on any atom is -0.360 e. The summed E-state index contributed by atoms with van der Waals surface area (Å²) >= 11 is 1.49. The van der Waals surface area contributed by atoms with Gasteiger partial charge in [0.1, 0.15) is 5.82 Å². The second-order valence-electron chi connectivity index (χ2n) is 3.94. The molecule has 1 saturated carbocycles. The molecule has 0 aromatic carbocycles. The summed E-state index contributed by atoms with van der Waals surface area (Å²) in [5.74, 6) is 1.88. The van der Waals surface area contributed by atoms with Crippen molar-refractivity contribution in [2.24, 2.45) is 5.92 Å². The van der Waals surface area contributed by atoms with E-state index in [1.54, 1.807) is 0 Å². The van der Waals surface area contributed by atoms with E-state index < -0.39 is 0 Å². The van der Waals surface area contributed by atoms with Crippen molar-refractivity contribution >= 4 is 16.7 Å².